The summed E-state index contributed by atoms with van der Waals surface area (Å²) in [5.41, 5.74) is 2.19. The van der Waals surface area contributed by atoms with E-state index in [1.807, 2.05) is 42.9 Å². The molecule has 1 fully saturated rings. The van der Waals surface area contributed by atoms with Crippen molar-refractivity contribution in [2.45, 2.75) is 31.9 Å². The molecule has 1 aliphatic heterocycles. The molecule has 0 amide bonds. The van der Waals surface area contributed by atoms with Crippen molar-refractivity contribution < 1.29 is 4.74 Å². The predicted molar refractivity (Wildman–Crippen MR) is 91.7 cm³/mol. The molecule has 1 saturated heterocycles. The smallest absolute Gasteiger partial charge is 0.213 e. The monoisotopic (exact) mass is 312 g/mol. The van der Waals surface area contributed by atoms with Crippen LogP contribution in [-0.2, 0) is 0 Å². The number of likely N-dealkylation sites (tertiary alicyclic amines) is 1. The lowest BCUT2D eigenvalue weighted by Gasteiger charge is -2.28. The number of aromatic nitrogens is 2. The van der Waals surface area contributed by atoms with E-state index in [2.05, 4.69) is 34.2 Å². The maximum absolute atomic E-state index is 5.97. The lowest BCUT2D eigenvalue weighted by Crippen LogP contribution is -2.35. The first-order chi connectivity index (χ1) is 11.2. The average Bonchev–Trinajstić information content (AvgIpc) is 2.59. The molecule has 2 aromatic rings. The van der Waals surface area contributed by atoms with Gasteiger partial charge in [-0.05, 0) is 50.6 Å². The summed E-state index contributed by atoms with van der Waals surface area (Å²) in [6.07, 6.45) is 7.87. The molecule has 0 aliphatic carbocycles. The zero-order valence-corrected chi connectivity index (χ0v) is 13.8. The van der Waals surface area contributed by atoms with Gasteiger partial charge in [-0.3, -0.25) is 4.98 Å². The molecule has 5 nitrogen and oxygen atoms in total. The number of anilines is 1. The fourth-order valence-corrected chi connectivity index (χ4v) is 2.79. The largest absolute Gasteiger partial charge is 0.474 e. The molecule has 23 heavy (non-hydrogen) atoms. The Bertz CT molecular complexity index is 594. The summed E-state index contributed by atoms with van der Waals surface area (Å²) in [7, 11) is 2.15. The van der Waals surface area contributed by atoms with Crippen molar-refractivity contribution in [3.63, 3.8) is 0 Å². The second-order valence-electron chi connectivity index (χ2n) is 6.15. The number of ether oxygens (including phenoxy) is 1. The van der Waals surface area contributed by atoms with Crippen LogP contribution < -0.4 is 10.1 Å². The SMILES string of the molecule is C[C@H](Nc1ccc(OC2CCN(C)CC2)nc1)c1ccncc1. The summed E-state index contributed by atoms with van der Waals surface area (Å²) in [4.78, 5) is 10.8. The Balaban J connectivity index is 1.55. The first kappa shape index (κ1) is 15.7. The van der Waals surface area contributed by atoms with Gasteiger partial charge in [0.15, 0.2) is 0 Å². The molecule has 0 aromatic carbocycles. The molecule has 1 aliphatic rings. The van der Waals surface area contributed by atoms with Crippen molar-refractivity contribution in [2.75, 3.05) is 25.5 Å². The quantitative estimate of drug-likeness (QED) is 0.919. The van der Waals surface area contributed by atoms with E-state index in [1.54, 1.807) is 0 Å². The standard InChI is InChI=1S/C18H24N4O/c1-14(15-5-9-19-10-6-15)21-16-3-4-18(20-13-16)23-17-7-11-22(2)12-8-17/h3-6,9-10,13-14,17,21H,7-8,11-12H2,1-2H3/t14-/m0/s1. The van der Waals surface area contributed by atoms with Gasteiger partial charge in [-0.2, -0.15) is 0 Å². The highest BCUT2D eigenvalue weighted by Crippen LogP contribution is 2.21. The van der Waals surface area contributed by atoms with Crippen molar-refractivity contribution >= 4 is 5.69 Å². The zero-order chi connectivity index (χ0) is 16.1. The van der Waals surface area contributed by atoms with Crippen LogP contribution >= 0.6 is 0 Å². The van der Waals surface area contributed by atoms with E-state index in [4.69, 9.17) is 4.74 Å². The highest BCUT2D eigenvalue weighted by atomic mass is 16.5. The molecule has 0 bridgehead atoms. The maximum atomic E-state index is 5.97. The van der Waals surface area contributed by atoms with E-state index in [-0.39, 0.29) is 12.1 Å². The molecule has 0 radical (unpaired) electrons. The molecule has 3 rings (SSSR count). The fraction of sp³-hybridized carbons (Fsp3) is 0.444. The summed E-state index contributed by atoms with van der Waals surface area (Å²) in [6.45, 7) is 4.31. The minimum atomic E-state index is 0.209. The third-order valence-electron chi connectivity index (χ3n) is 4.28. The highest BCUT2D eigenvalue weighted by molar-refractivity contribution is 5.44. The average molecular weight is 312 g/mol. The molecule has 1 atom stereocenters. The van der Waals surface area contributed by atoms with Crippen LogP contribution in [0.2, 0.25) is 0 Å². The van der Waals surface area contributed by atoms with E-state index in [0.717, 1.165) is 31.6 Å². The van der Waals surface area contributed by atoms with Crippen LogP contribution in [0.25, 0.3) is 0 Å². The maximum Gasteiger partial charge on any atom is 0.213 e. The summed E-state index contributed by atoms with van der Waals surface area (Å²) in [6, 6.07) is 8.21. The number of nitrogens with one attached hydrogen (secondary N) is 1. The van der Waals surface area contributed by atoms with Crippen LogP contribution in [0.15, 0.2) is 42.9 Å². The van der Waals surface area contributed by atoms with E-state index < -0.39 is 0 Å². The summed E-state index contributed by atoms with van der Waals surface area (Å²) in [5, 5.41) is 3.44. The minimum absolute atomic E-state index is 0.209. The first-order valence-electron chi connectivity index (χ1n) is 8.18. The number of nitrogens with zero attached hydrogens (tertiary/aromatic N) is 3. The lowest BCUT2D eigenvalue weighted by atomic mass is 10.1. The van der Waals surface area contributed by atoms with Gasteiger partial charge in [0.05, 0.1) is 11.9 Å². The van der Waals surface area contributed by atoms with E-state index in [9.17, 15) is 0 Å². The zero-order valence-electron chi connectivity index (χ0n) is 13.8. The number of piperidine rings is 1. The summed E-state index contributed by atoms with van der Waals surface area (Å²) in [5.74, 6) is 0.710. The van der Waals surface area contributed by atoms with Crippen LogP contribution in [0.5, 0.6) is 5.88 Å². The van der Waals surface area contributed by atoms with Gasteiger partial charge in [0.2, 0.25) is 5.88 Å². The third kappa shape index (κ3) is 4.42. The van der Waals surface area contributed by atoms with E-state index in [0.29, 0.717) is 5.88 Å². The third-order valence-corrected chi connectivity index (χ3v) is 4.28. The molecule has 122 valence electrons. The number of hydrogen-bond donors (Lipinski definition) is 1. The van der Waals surface area contributed by atoms with Gasteiger partial charge in [0, 0.05) is 37.6 Å². The molecule has 2 aromatic heterocycles. The van der Waals surface area contributed by atoms with Gasteiger partial charge in [-0.1, -0.05) is 0 Å². The van der Waals surface area contributed by atoms with Crippen molar-refractivity contribution in [3.05, 3.63) is 48.4 Å². The molecule has 0 saturated carbocycles. The molecule has 5 heteroatoms. The summed E-state index contributed by atoms with van der Waals surface area (Å²) >= 11 is 0. The van der Waals surface area contributed by atoms with Gasteiger partial charge in [0.1, 0.15) is 6.10 Å². The first-order valence-corrected chi connectivity index (χ1v) is 8.18. The number of rotatable bonds is 5. The lowest BCUT2D eigenvalue weighted by molar-refractivity contribution is 0.110. The van der Waals surface area contributed by atoms with Gasteiger partial charge in [-0.15, -0.1) is 0 Å². The van der Waals surface area contributed by atoms with Crippen molar-refractivity contribution in [3.8, 4) is 5.88 Å². The Morgan fingerprint density at radius 3 is 2.57 bits per heavy atom. The Labute approximate surface area is 137 Å². The number of pyridine rings is 2. The predicted octanol–water partition coefficient (Wildman–Crippen LogP) is 3.12. The van der Waals surface area contributed by atoms with Gasteiger partial charge < -0.3 is 15.0 Å². The van der Waals surface area contributed by atoms with Crippen LogP contribution in [0, 0.1) is 0 Å². The molecular weight excluding hydrogens is 288 g/mol. The Kier molecular flexibility index (Phi) is 5.08. The van der Waals surface area contributed by atoms with Crippen LogP contribution in [0.3, 0.4) is 0 Å². The Hall–Kier alpha value is -2.14. The van der Waals surface area contributed by atoms with Crippen LogP contribution in [-0.4, -0.2) is 41.1 Å². The second-order valence-corrected chi connectivity index (χ2v) is 6.15. The molecule has 1 N–H and O–H groups in total. The van der Waals surface area contributed by atoms with Crippen molar-refractivity contribution in [2.24, 2.45) is 0 Å². The van der Waals surface area contributed by atoms with Crippen LogP contribution in [0.4, 0.5) is 5.69 Å². The normalized spacial score (nSPS) is 17.7. The van der Waals surface area contributed by atoms with E-state index >= 15 is 0 Å². The van der Waals surface area contributed by atoms with Gasteiger partial charge >= 0.3 is 0 Å². The highest BCUT2D eigenvalue weighted by Gasteiger charge is 2.18. The summed E-state index contributed by atoms with van der Waals surface area (Å²) < 4.78 is 5.97. The molecule has 0 unspecified atom stereocenters. The van der Waals surface area contributed by atoms with E-state index in [1.165, 1.54) is 5.56 Å². The Morgan fingerprint density at radius 1 is 1.17 bits per heavy atom. The van der Waals surface area contributed by atoms with Gasteiger partial charge in [0.25, 0.3) is 0 Å². The fourth-order valence-electron chi connectivity index (χ4n) is 2.79. The molecule has 3 heterocycles. The van der Waals surface area contributed by atoms with Crippen molar-refractivity contribution in [1.82, 2.24) is 14.9 Å². The minimum Gasteiger partial charge on any atom is -0.474 e. The number of hydrogen-bond acceptors (Lipinski definition) is 5. The molecular formula is C18H24N4O. The molecule has 0 spiro atoms. The topological polar surface area (TPSA) is 50.3 Å². The van der Waals surface area contributed by atoms with Crippen molar-refractivity contribution in [1.29, 1.82) is 0 Å². The van der Waals surface area contributed by atoms with Gasteiger partial charge in [-0.25, -0.2) is 4.98 Å². The Morgan fingerprint density at radius 2 is 1.91 bits per heavy atom. The second kappa shape index (κ2) is 7.42. The van der Waals surface area contributed by atoms with Crippen LogP contribution in [0.1, 0.15) is 31.4 Å².